The second-order valence-corrected chi connectivity index (χ2v) is 8.02. The fourth-order valence-corrected chi connectivity index (χ4v) is 3.61. The number of alkyl halides is 3. The van der Waals surface area contributed by atoms with Crippen LogP contribution in [0, 0.1) is 5.92 Å². The van der Waals surface area contributed by atoms with Crippen molar-refractivity contribution in [3.63, 3.8) is 0 Å². The Morgan fingerprint density at radius 1 is 1.27 bits per heavy atom. The van der Waals surface area contributed by atoms with E-state index >= 15 is 0 Å². The molecule has 4 N–H and O–H groups in total. The van der Waals surface area contributed by atoms with Crippen LogP contribution in [0.1, 0.15) is 41.6 Å². The van der Waals surface area contributed by atoms with Crippen LogP contribution in [-0.4, -0.2) is 38.6 Å². The molecule has 33 heavy (non-hydrogen) atoms. The second kappa shape index (κ2) is 11.8. The standard InChI is InChI=1S/C22H28ClF3N4O3/c1-13(29-20(33-3)11-19(27)32-2)28-12-14-4-7-16(8-5-14)30-21(31)17-10-15(22(24,25)26)6-9-18(17)23/h6,9-11,14,16,28H,1,4-5,7-8,12,27H2,2-3H3,(H,30,31)/b19-11+,29-20?. The van der Waals surface area contributed by atoms with Crippen molar-refractivity contribution in [2.45, 2.75) is 37.9 Å². The van der Waals surface area contributed by atoms with Gasteiger partial charge in [-0.05, 0) is 49.8 Å². The van der Waals surface area contributed by atoms with E-state index in [-0.39, 0.29) is 28.4 Å². The molecule has 1 amide bonds. The maximum Gasteiger partial charge on any atom is 0.416 e. The minimum Gasteiger partial charge on any atom is -0.483 e. The number of aliphatic imine (C=N–C) groups is 1. The normalized spacial score (nSPS) is 19.6. The van der Waals surface area contributed by atoms with E-state index in [1.165, 1.54) is 20.3 Å². The van der Waals surface area contributed by atoms with Gasteiger partial charge >= 0.3 is 6.18 Å². The molecular formula is C22H28ClF3N4O3. The summed E-state index contributed by atoms with van der Waals surface area (Å²) < 4.78 is 48.8. The SMILES string of the molecule is C=C(N=C(/C=C(\N)OC)OC)NCC1CCC(NC(=O)c2cc(C(F)(F)F)ccc2Cl)CC1. The van der Waals surface area contributed by atoms with E-state index in [1.807, 2.05) is 0 Å². The van der Waals surface area contributed by atoms with Crippen LogP contribution in [0.5, 0.6) is 0 Å². The number of nitrogens with one attached hydrogen (secondary N) is 2. The van der Waals surface area contributed by atoms with Crippen LogP contribution in [0.25, 0.3) is 0 Å². The fraction of sp³-hybridized carbons (Fsp3) is 0.455. The minimum atomic E-state index is -4.55. The number of hydrogen-bond donors (Lipinski definition) is 3. The van der Waals surface area contributed by atoms with Gasteiger partial charge in [0.15, 0.2) is 5.88 Å². The van der Waals surface area contributed by atoms with Crippen LogP contribution in [-0.2, 0) is 15.7 Å². The maximum absolute atomic E-state index is 12.9. The molecule has 1 saturated carbocycles. The van der Waals surface area contributed by atoms with Crippen molar-refractivity contribution in [1.29, 1.82) is 0 Å². The van der Waals surface area contributed by atoms with Crippen molar-refractivity contribution in [3.8, 4) is 0 Å². The number of methoxy groups -OCH3 is 2. The van der Waals surface area contributed by atoms with Crippen LogP contribution in [0.2, 0.25) is 5.02 Å². The molecule has 182 valence electrons. The average Bonchev–Trinajstić information content (AvgIpc) is 2.77. The smallest absolute Gasteiger partial charge is 0.416 e. The molecule has 1 aliphatic rings. The number of carbonyl (C=O) groups is 1. The molecule has 0 atom stereocenters. The van der Waals surface area contributed by atoms with E-state index < -0.39 is 17.6 Å². The Hall–Kier alpha value is -2.88. The van der Waals surface area contributed by atoms with Crippen LogP contribution < -0.4 is 16.4 Å². The van der Waals surface area contributed by atoms with Crippen LogP contribution in [0.4, 0.5) is 13.2 Å². The van der Waals surface area contributed by atoms with Crippen molar-refractivity contribution in [1.82, 2.24) is 10.6 Å². The summed E-state index contributed by atoms with van der Waals surface area (Å²) in [6, 6.07) is 2.59. The molecular weight excluding hydrogens is 461 g/mol. The van der Waals surface area contributed by atoms with Crippen LogP contribution in [0.3, 0.4) is 0 Å². The Balaban J connectivity index is 1.84. The highest BCUT2D eigenvalue weighted by Gasteiger charge is 2.32. The molecule has 0 spiro atoms. The van der Waals surface area contributed by atoms with Gasteiger partial charge in [0.05, 0.1) is 36.4 Å². The molecule has 1 aromatic rings. The van der Waals surface area contributed by atoms with Gasteiger partial charge in [0.1, 0.15) is 5.82 Å². The number of amides is 1. The summed E-state index contributed by atoms with van der Waals surface area (Å²) in [5, 5.41) is 5.92. The zero-order valence-electron chi connectivity index (χ0n) is 18.5. The molecule has 11 heteroatoms. The van der Waals surface area contributed by atoms with Crippen molar-refractivity contribution >= 4 is 23.4 Å². The van der Waals surface area contributed by atoms with E-state index in [1.54, 1.807) is 0 Å². The third kappa shape index (κ3) is 8.20. The zero-order chi connectivity index (χ0) is 24.6. The van der Waals surface area contributed by atoms with Gasteiger partial charge in [-0.25, -0.2) is 0 Å². The number of halogens is 4. The number of hydrogen-bond acceptors (Lipinski definition) is 6. The van der Waals surface area contributed by atoms with Crippen molar-refractivity contribution in [3.05, 3.63) is 58.7 Å². The molecule has 0 heterocycles. The molecule has 1 aromatic carbocycles. The Bertz CT molecular complexity index is 911. The molecule has 0 bridgehead atoms. The summed E-state index contributed by atoms with van der Waals surface area (Å²) in [5.41, 5.74) is 4.49. The lowest BCUT2D eigenvalue weighted by atomic mass is 9.86. The van der Waals surface area contributed by atoms with Gasteiger partial charge in [-0.2, -0.15) is 18.2 Å². The summed E-state index contributed by atoms with van der Waals surface area (Å²) >= 11 is 5.95. The minimum absolute atomic E-state index is 0.0185. The van der Waals surface area contributed by atoms with Gasteiger partial charge in [-0.3, -0.25) is 4.79 Å². The van der Waals surface area contributed by atoms with Crippen LogP contribution in [0.15, 0.2) is 47.6 Å². The lowest BCUT2D eigenvalue weighted by Gasteiger charge is -2.29. The zero-order valence-corrected chi connectivity index (χ0v) is 19.2. The maximum atomic E-state index is 12.9. The molecule has 1 fully saturated rings. The summed E-state index contributed by atoms with van der Waals surface area (Å²) in [7, 11) is 2.88. The molecule has 0 radical (unpaired) electrons. The predicted molar refractivity (Wildman–Crippen MR) is 121 cm³/mol. The Morgan fingerprint density at radius 2 is 1.94 bits per heavy atom. The van der Waals surface area contributed by atoms with Gasteiger partial charge in [0, 0.05) is 12.6 Å². The van der Waals surface area contributed by atoms with Crippen LogP contribution >= 0.6 is 11.6 Å². The van der Waals surface area contributed by atoms with Crippen molar-refractivity contribution < 1.29 is 27.4 Å². The van der Waals surface area contributed by atoms with E-state index in [2.05, 4.69) is 22.2 Å². The number of nitrogens with zero attached hydrogens (tertiary/aromatic N) is 1. The Labute approximate surface area is 195 Å². The first kappa shape index (κ1) is 26.4. The average molecular weight is 489 g/mol. The molecule has 1 aliphatic carbocycles. The Morgan fingerprint density at radius 3 is 2.52 bits per heavy atom. The van der Waals surface area contributed by atoms with Crippen molar-refractivity contribution in [2.24, 2.45) is 16.6 Å². The quantitative estimate of drug-likeness (QED) is 0.289. The third-order valence-corrected chi connectivity index (χ3v) is 5.60. The summed E-state index contributed by atoms with van der Waals surface area (Å²) in [5.74, 6) is 0.516. The highest BCUT2D eigenvalue weighted by molar-refractivity contribution is 6.33. The van der Waals surface area contributed by atoms with Crippen molar-refractivity contribution in [2.75, 3.05) is 20.8 Å². The van der Waals surface area contributed by atoms with Gasteiger partial charge in [0.25, 0.3) is 5.91 Å². The lowest BCUT2D eigenvalue weighted by Crippen LogP contribution is -2.39. The summed E-state index contributed by atoms with van der Waals surface area (Å²) in [6.45, 7) is 4.47. The Kier molecular flexibility index (Phi) is 9.45. The first-order valence-electron chi connectivity index (χ1n) is 10.3. The fourth-order valence-electron chi connectivity index (χ4n) is 3.40. The second-order valence-electron chi connectivity index (χ2n) is 7.62. The number of ether oxygens (including phenoxy) is 2. The molecule has 0 saturated heterocycles. The molecule has 0 unspecified atom stereocenters. The molecule has 0 aliphatic heterocycles. The number of benzene rings is 1. The van der Waals surface area contributed by atoms with Gasteiger partial charge in [-0.1, -0.05) is 18.2 Å². The topological polar surface area (TPSA) is 98.0 Å². The predicted octanol–water partition coefficient (Wildman–Crippen LogP) is 4.20. The van der Waals surface area contributed by atoms with E-state index in [4.69, 9.17) is 26.8 Å². The third-order valence-electron chi connectivity index (χ3n) is 5.27. The summed E-state index contributed by atoms with van der Waals surface area (Å²) in [6.07, 6.45) is -0.0909. The monoisotopic (exact) mass is 488 g/mol. The largest absolute Gasteiger partial charge is 0.483 e. The number of rotatable bonds is 8. The van der Waals surface area contributed by atoms with Gasteiger partial charge in [-0.15, -0.1) is 0 Å². The molecule has 7 nitrogen and oxygen atoms in total. The first-order valence-corrected chi connectivity index (χ1v) is 10.7. The van der Waals surface area contributed by atoms with E-state index in [9.17, 15) is 18.0 Å². The molecule has 0 aromatic heterocycles. The lowest BCUT2D eigenvalue weighted by molar-refractivity contribution is -0.137. The van der Waals surface area contributed by atoms with E-state index in [0.29, 0.717) is 31.1 Å². The highest BCUT2D eigenvalue weighted by atomic mass is 35.5. The highest BCUT2D eigenvalue weighted by Crippen LogP contribution is 2.32. The number of nitrogens with two attached hydrogens (primary N) is 1. The summed E-state index contributed by atoms with van der Waals surface area (Å²) in [4.78, 5) is 16.7. The number of carbonyl (C=O) groups excluding carboxylic acids is 1. The molecule has 2 rings (SSSR count). The first-order chi connectivity index (χ1) is 15.5. The van der Waals surface area contributed by atoms with Gasteiger partial charge < -0.3 is 25.8 Å². The van der Waals surface area contributed by atoms with E-state index in [0.717, 1.165) is 31.0 Å². The van der Waals surface area contributed by atoms with Gasteiger partial charge in [0.2, 0.25) is 5.90 Å².